The molecule has 0 saturated heterocycles. The lowest BCUT2D eigenvalue weighted by molar-refractivity contribution is -0.126. The molecule has 0 aliphatic heterocycles. The van der Waals surface area contributed by atoms with Gasteiger partial charge in [-0.15, -0.1) is 10.2 Å². The second-order valence-corrected chi connectivity index (χ2v) is 11.3. The van der Waals surface area contributed by atoms with Crippen molar-refractivity contribution < 1.29 is 13.9 Å². The number of carbonyl (C=O) groups excluding carboxylic acids is 1. The average molecular weight is 622 g/mol. The number of nitrogens with zero attached hydrogens (tertiary/aromatic N) is 3. The third-order valence-corrected chi connectivity index (χ3v) is 7.90. The minimum atomic E-state index is -0.556. The molecule has 1 heterocycles. The van der Waals surface area contributed by atoms with Crippen molar-refractivity contribution in [2.75, 3.05) is 6.61 Å². The first-order valence-electron chi connectivity index (χ1n) is 13.2. The first-order chi connectivity index (χ1) is 20.5. The van der Waals surface area contributed by atoms with Gasteiger partial charge in [0.25, 0.3) is 0 Å². The van der Waals surface area contributed by atoms with E-state index in [1.54, 1.807) is 30.3 Å². The number of halogens is 3. The summed E-state index contributed by atoms with van der Waals surface area (Å²) < 4.78 is 21.0. The van der Waals surface area contributed by atoms with Crippen molar-refractivity contribution in [3.05, 3.63) is 142 Å². The van der Waals surface area contributed by atoms with E-state index in [0.717, 1.165) is 16.7 Å². The maximum atomic E-state index is 13.4. The van der Waals surface area contributed by atoms with Gasteiger partial charge in [-0.3, -0.25) is 9.36 Å². The maximum absolute atomic E-state index is 13.4. The van der Waals surface area contributed by atoms with Crippen LogP contribution in [0.25, 0.3) is 5.69 Å². The van der Waals surface area contributed by atoms with Crippen molar-refractivity contribution in [1.29, 1.82) is 0 Å². The van der Waals surface area contributed by atoms with Crippen molar-refractivity contribution >= 4 is 40.9 Å². The summed E-state index contributed by atoms with van der Waals surface area (Å²) in [7, 11) is 0. The van der Waals surface area contributed by atoms with Crippen molar-refractivity contribution in [3.8, 4) is 5.69 Å². The normalized spacial score (nSPS) is 11.8. The van der Waals surface area contributed by atoms with E-state index in [0.29, 0.717) is 45.5 Å². The monoisotopic (exact) mass is 620 g/mol. The molecule has 0 saturated carbocycles. The Balaban J connectivity index is 1.45. The van der Waals surface area contributed by atoms with Crippen LogP contribution in [0.4, 0.5) is 4.39 Å². The van der Waals surface area contributed by atoms with Crippen LogP contribution < -0.4 is 5.32 Å². The van der Waals surface area contributed by atoms with Gasteiger partial charge < -0.3 is 10.1 Å². The largest absolute Gasteiger partial charge is 0.367 e. The molecule has 0 radical (unpaired) electrons. The Morgan fingerprint density at radius 1 is 0.881 bits per heavy atom. The smallest absolute Gasteiger partial charge is 0.246 e. The molecule has 0 fully saturated rings. The zero-order valence-electron chi connectivity index (χ0n) is 22.4. The lowest BCUT2D eigenvalue weighted by Gasteiger charge is -2.21. The molecule has 10 heteroatoms. The second kappa shape index (κ2) is 14.5. The van der Waals surface area contributed by atoms with E-state index in [-0.39, 0.29) is 18.3 Å². The molecule has 0 aliphatic carbocycles. The number of rotatable bonds is 12. The summed E-state index contributed by atoms with van der Waals surface area (Å²) in [6, 6.07) is 30.4. The van der Waals surface area contributed by atoms with Crippen molar-refractivity contribution in [2.24, 2.45) is 0 Å². The summed E-state index contributed by atoms with van der Waals surface area (Å²) in [5, 5.41) is 13.6. The van der Waals surface area contributed by atoms with Gasteiger partial charge in [0.2, 0.25) is 5.91 Å². The summed E-state index contributed by atoms with van der Waals surface area (Å²) in [5.41, 5.74) is 3.52. The highest BCUT2D eigenvalue weighted by atomic mass is 35.5. The predicted octanol–water partition coefficient (Wildman–Crippen LogP) is 7.62. The Morgan fingerprint density at radius 2 is 1.57 bits per heavy atom. The Labute approximate surface area is 257 Å². The molecule has 1 N–H and O–H groups in total. The summed E-state index contributed by atoms with van der Waals surface area (Å²) >= 11 is 14.3. The van der Waals surface area contributed by atoms with E-state index in [2.05, 4.69) is 15.5 Å². The number of carbonyl (C=O) groups is 1. The molecule has 5 aromatic rings. The van der Waals surface area contributed by atoms with Crippen LogP contribution in [0, 0.1) is 5.82 Å². The molecule has 1 aromatic heterocycles. The van der Waals surface area contributed by atoms with Gasteiger partial charge in [-0.25, -0.2) is 4.39 Å². The van der Waals surface area contributed by atoms with Crippen molar-refractivity contribution in [2.45, 2.75) is 30.0 Å². The van der Waals surface area contributed by atoms with Crippen LogP contribution in [0.5, 0.6) is 0 Å². The Hall–Kier alpha value is -3.69. The van der Waals surface area contributed by atoms with Gasteiger partial charge in [0.1, 0.15) is 12.4 Å². The number of hydrogen-bond acceptors (Lipinski definition) is 5. The Morgan fingerprint density at radius 3 is 2.26 bits per heavy atom. The highest BCUT2D eigenvalue weighted by Crippen LogP contribution is 2.33. The number of ether oxygens (including phenoxy) is 1. The molecular formula is C32H27Cl2FN4O2S. The van der Waals surface area contributed by atoms with Gasteiger partial charge in [-0.1, -0.05) is 108 Å². The molecular weight excluding hydrogens is 594 g/mol. The molecule has 1 unspecified atom stereocenters. The number of thioether (sulfide) groups is 1. The fourth-order valence-electron chi connectivity index (χ4n) is 4.35. The summed E-state index contributed by atoms with van der Waals surface area (Å²) in [4.78, 5) is 13.1. The number of amides is 1. The van der Waals surface area contributed by atoms with E-state index in [9.17, 15) is 9.18 Å². The highest BCUT2D eigenvalue weighted by Gasteiger charge is 2.26. The Bertz CT molecular complexity index is 1620. The van der Waals surface area contributed by atoms with Gasteiger partial charge in [0, 0.05) is 10.8 Å². The molecule has 1 amide bonds. The van der Waals surface area contributed by atoms with E-state index >= 15 is 0 Å². The third-order valence-electron chi connectivity index (χ3n) is 6.36. The molecule has 6 nitrogen and oxygen atoms in total. The topological polar surface area (TPSA) is 69.0 Å². The molecule has 1 atom stereocenters. The zero-order chi connectivity index (χ0) is 29.3. The first kappa shape index (κ1) is 29.8. The highest BCUT2D eigenvalue weighted by molar-refractivity contribution is 7.98. The number of aromatic nitrogens is 3. The van der Waals surface area contributed by atoms with E-state index < -0.39 is 6.04 Å². The van der Waals surface area contributed by atoms with Gasteiger partial charge >= 0.3 is 0 Å². The standard InChI is InChI=1S/C32H27Cl2FN4O2S/c33-25-13-16-29(27(34)18-25)39-31(37-38-32(39)42-21-24-11-14-26(35)15-12-24)28(17-22-7-3-1-4-8-22)36-30(40)20-41-19-23-9-5-2-6-10-23/h1-16,18,28H,17,19-21H2,(H,36,40). The fourth-order valence-corrected chi connectivity index (χ4v) is 5.75. The van der Waals surface area contributed by atoms with Gasteiger partial charge in [0.15, 0.2) is 11.0 Å². The van der Waals surface area contributed by atoms with Crippen LogP contribution in [0.1, 0.15) is 28.6 Å². The summed E-state index contributed by atoms with van der Waals surface area (Å²) in [5.74, 6) is 0.437. The van der Waals surface area contributed by atoms with E-state index in [1.165, 1.54) is 23.9 Å². The molecule has 214 valence electrons. The van der Waals surface area contributed by atoms with Crippen LogP contribution >= 0.6 is 35.0 Å². The van der Waals surface area contributed by atoms with Gasteiger partial charge in [0.05, 0.1) is 23.4 Å². The predicted molar refractivity (Wildman–Crippen MR) is 164 cm³/mol. The minimum absolute atomic E-state index is 0.123. The lowest BCUT2D eigenvalue weighted by Crippen LogP contribution is -2.34. The molecule has 5 rings (SSSR count). The first-order valence-corrected chi connectivity index (χ1v) is 14.9. The van der Waals surface area contributed by atoms with Crippen LogP contribution in [-0.4, -0.2) is 27.3 Å². The molecule has 0 aliphatic rings. The molecule has 42 heavy (non-hydrogen) atoms. The quantitative estimate of drug-likeness (QED) is 0.145. The van der Waals surface area contributed by atoms with E-state index in [4.69, 9.17) is 27.9 Å². The second-order valence-electron chi connectivity index (χ2n) is 9.48. The molecule has 4 aromatic carbocycles. The SMILES string of the molecule is O=C(COCc1ccccc1)NC(Cc1ccccc1)c1nnc(SCc2ccc(F)cc2)n1-c1ccc(Cl)cc1Cl. The zero-order valence-corrected chi connectivity index (χ0v) is 24.7. The average Bonchev–Trinajstić information content (AvgIpc) is 3.41. The number of benzene rings is 4. The maximum Gasteiger partial charge on any atom is 0.246 e. The Kier molecular flexibility index (Phi) is 10.3. The number of nitrogens with one attached hydrogen (secondary N) is 1. The summed E-state index contributed by atoms with van der Waals surface area (Å²) in [6.07, 6.45) is 0.456. The van der Waals surface area contributed by atoms with Crippen molar-refractivity contribution in [1.82, 2.24) is 20.1 Å². The minimum Gasteiger partial charge on any atom is -0.367 e. The van der Waals surface area contributed by atoms with Crippen LogP contribution in [-0.2, 0) is 28.3 Å². The molecule has 0 bridgehead atoms. The van der Waals surface area contributed by atoms with Gasteiger partial charge in [-0.2, -0.15) is 0 Å². The third kappa shape index (κ3) is 7.98. The fraction of sp³-hybridized carbons (Fsp3) is 0.156. The summed E-state index contributed by atoms with van der Waals surface area (Å²) in [6.45, 7) is 0.195. The van der Waals surface area contributed by atoms with Crippen LogP contribution in [0.3, 0.4) is 0 Å². The molecule has 0 spiro atoms. The lowest BCUT2D eigenvalue weighted by atomic mass is 10.0. The number of hydrogen-bond donors (Lipinski definition) is 1. The van der Waals surface area contributed by atoms with Crippen molar-refractivity contribution in [3.63, 3.8) is 0 Å². The van der Waals surface area contributed by atoms with E-state index in [1.807, 2.05) is 65.2 Å². The van der Waals surface area contributed by atoms with Gasteiger partial charge in [-0.05, 0) is 53.4 Å². The van der Waals surface area contributed by atoms with Crippen LogP contribution in [0.15, 0.2) is 108 Å². The van der Waals surface area contributed by atoms with Crippen LogP contribution in [0.2, 0.25) is 10.0 Å².